The van der Waals surface area contributed by atoms with Gasteiger partial charge in [-0.05, 0) is 12.8 Å². The predicted molar refractivity (Wildman–Crippen MR) is 120 cm³/mol. The maximum atomic E-state index is 4.27. The van der Waals surface area contributed by atoms with Crippen LogP contribution in [-0.4, -0.2) is 9.55 Å². The fourth-order valence-electron chi connectivity index (χ4n) is 4.13. The van der Waals surface area contributed by atoms with E-state index in [-0.39, 0.29) is 0 Å². The molecule has 1 aromatic rings. The van der Waals surface area contributed by atoms with Crippen molar-refractivity contribution in [2.45, 2.75) is 142 Å². The molecule has 0 bridgehead atoms. The van der Waals surface area contributed by atoms with E-state index in [1.165, 1.54) is 122 Å². The van der Waals surface area contributed by atoms with Crippen molar-refractivity contribution in [1.82, 2.24) is 9.55 Å². The summed E-state index contributed by atoms with van der Waals surface area (Å²) in [6, 6.07) is 0.678. The van der Waals surface area contributed by atoms with E-state index in [9.17, 15) is 0 Å². The minimum atomic E-state index is 0.678. The van der Waals surface area contributed by atoms with Crippen molar-refractivity contribution in [1.29, 1.82) is 0 Å². The molecule has 0 N–H and O–H groups in total. The number of hydrogen-bond donors (Lipinski definition) is 0. The Bertz CT molecular complexity index is 385. The number of rotatable bonds is 20. The van der Waals surface area contributed by atoms with E-state index in [0.717, 1.165) is 0 Å². The second-order valence-electron chi connectivity index (χ2n) is 8.54. The molecule has 1 aromatic heterocycles. The number of hydrogen-bond acceptors (Lipinski definition) is 1. The summed E-state index contributed by atoms with van der Waals surface area (Å²) in [5.41, 5.74) is 0. The lowest BCUT2D eigenvalue weighted by Crippen LogP contribution is -2.07. The van der Waals surface area contributed by atoms with E-state index < -0.39 is 0 Å². The molecule has 0 saturated heterocycles. The lowest BCUT2D eigenvalue weighted by molar-refractivity contribution is 0.394. The third kappa shape index (κ3) is 13.9. The van der Waals surface area contributed by atoms with Crippen LogP contribution in [0.1, 0.15) is 142 Å². The van der Waals surface area contributed by atoms with Crippen molar-refractivity contribution >= 4 is 0 Å². The Labute approximate surface area is 170 Å². The SMILES string of the molecule is CCCCCCCCCCCCCCC(CCCCCCC)n1ccnc1. The first-order valence-electron chi connectivity index (χ1n) is 12.4. The first-order valence-corrected chi connectivity index (χ1v) is 12.4. The predicted octanol–water partition coefficient (Wildman–Crippen LogP) is 8.88. The fourth-order valence-corrected chi connectivity index (χ4v) is 4.13. The highest BCUT2D eigenvalue weighted by Crippen LogP contribution is 2.23. The van der Waals surface area contributed by atoms with Gasteiger partial charge in [-0.3, -0.25) is 0 Å². The van der Waals surface area contributed by atoms with Crippen molar-refractivity contribution in [3.05, 3.63) is 18.7 Å². The summed E-state index contributed by atoms with van der Waals surface area (Å²) >= 11 is 0. The van der Waals surface area contributed by atoms with Crippen molar-refractivity contribution in [3.63, 3.8) is 0 Å². The van der Waals surface area contributed by atoms with Gasteiger partial charge in [0.05, 0.1) is 6.33 Å². The minimum Gasteiger partial charge on any atom is -0.334 e. The standard InChI is InChI=1S/C25H48N2/c1-3-5-7-9-10-11-12-13-14-15-17-19-21-25(27-23-22-26-24-27)20-18-16-8-6-4-2/h22-25H,3-21H2,1-2H3. The Morgan fingerprint density at radius 3 is 1.37 bits per heavy atom. The number of imidazole rings is 1. The van der Waals surface area contributed by atoms with Crippen LogP contribution in [0.2, 0.25) is 0 Å². The molecule has 0 fully saturated rings. The molecule has 0 amide bonds. The molecule has 0 aliphatic heterocycles. The molecule has 0 radical (unpaired) electrons. The topological polar surface area (TPSA) is 17.8 Å². The highest BCUT2D eigenvalue weighted by Gasteiger charge is 2.09. The van der Waals surface area contributed by atoms with E-state index in [1.807, 2.05) is 12.5 Å². The van der Waals surface area contributed by atoms with E-state index in [0.29, 0.717) is 6.04 Å². The van der Waals surface area contributed by atoms with E-state index in [2.05, 4.69) is 29.6 Å². The normalized spacial score (nSPS) is 12.5. The molecule has 1 atom stereocenters. The highest BCUT2D eigenvalue weighted by molar-refractivity contribution is 4.80. The van der Waals surface area contributed by atoms with Gasteiger partial charge >= 0.3 is 0 Å². The Kier molecular flexibility index (Phi) is 16.7. The van der Waals surface area contributed by atoms with Gasteiger partial charge in [-0.25, -0.2) is 4.98 Å². The lowest BCUT2D eigenvalue weighted by Gasteiger charge is -2.18. The third-order valence-electron chi connectivity index (χ3n) is 5.98. The minimum absolute atomic E-state index is 0.678. The van der Waals surface area contributed by atoms with Crippen molar-refractivity contribution < 1.29 is 0 Å². The fraction of sp³-hybridized carbons (Fsp3) is 0.880. The van der Waals surface area contributed by atoms with E-state index >= 15 is 0 Å². The Morgan fingerprint density at radius 1 is 0.593 bits per heavy atom. The molecule has 1 unspecified atom stereocenters. The average Bonchev–Trinajstić information content (AvgIpc) is 3.21. The Morgan fingerprint density at radius 2 is 1.00 bits per heavy atom. The van der Waals surface area contributed by atoms with Gasteiger partial charge in [0, 0.05) is 18.4 Å². The van der Waals surface area contributed by atoms with Crippen molar-refractivity contribution in [3.8, 4) is 0 Å². The van der Waals surface area contributed by atoms with E-state index in [1.54, 1.807) is 0 Å². The maximum absolute atomic E-state index is 4.27. The largest absolute Gasteiger partial charge is 0.334 e. The molecule has 0 spiro atoms. The van der Waals surface area contributed by atoms with Crippen LogP contribution >= 0.6 is 0 Å². The van der Waals surface area contributed by atoms with Gasteiger partial charge in [0.2, 0.25) is 0 Å². The van der Waals surface area contributed by atoms with Gasteiger partial charge in [0.15, 0.2) is 0 Å². The Balaban J connectivity index is 2.00. The summed E-state index contributed by atoms with van der Waals surface area (Å²) in [7, 11) is 0. The van der Waals surface area contributed by atoms with Crippen LogP contribution in [0, 0.1) is 0 Å². The van der Waals surface area contributed by atoms with Crippen molar-refractivity contribution in [2.75, 3.05) is 0 Å². The molecule has 0 aliphatic rings. The zero-order chi connectivity index (χ0) is 19.4. The zero-order valence-corrected chi connectivity index (χ0v) is 18.6. The highest BCUT2D eigenvalue weighted by atomic mass is 15.0. The molecule has 158 valence electrons. The van der Waals surface area contributed by atoms with Crippen LogP contribution in [0.4, 0.5) is 0 Å². The summed E-state index contributed by atoms with van der Waals surface area (Å²) in [6.07, 6.45) is 32.9. The molecule has 0 saturated carbocycles. The zero-order valence-electron chi connectivity index (χ0n) is 18.6. The molecule has 0 aromatic carbocycles. The second-order valence-corrected chi connectivity index (χ2v) is 8.54. The average molecular weight is 377 g/mol. The molecular weight excluding hydrogens is 328 g/mol. The quantitative estimate of drug-likeness (QED) is 0.208. The van der Waals surface area contributed by atoms with Crippen LogP contribution in [0.3, 0.4) is 0 Å². The van der Waals surface area contributed by atoms with Crippen LogP contribution in [0.15, 0.2) is 18.7 Å². The molecule has 2 heteroatoms. The van der Waals surface area contributed by atoms with Gasteiger partial charge in [-0.1, -0.05) is 123 Å². The second kappa shape index (κ2) is 18.6. The first-order chi connectivity index (χ1) is 13.4. The number of unbranched alkanes of at least 4 members (excludes halogenated alkanes) is 15. The smallest absolute Gasteiger partial charge is 0.0948 e. The van der Waals surface area contributed by atoms with Gasteiger partial charge in [0.1, 0.15) is 0 Å². The molecular formula is C25H48N2. The summed E-state index contributed by atoms with van der Waals surface area (Å²) in [4.78, 5) is 4.27. The summed E-state index contributed by atoms with van der Waals surface area (Å²) in [6.45, 7) is 4.59. The molecule has 1 rings (SSSR count). The Hall–Kier alpha value is -0.790. The van der Waals surface area contributed by atoms with Gasteiger partial charge in [-0.15, -0.1) is 0 Å². The first kappa shape index (κ1) is 24.2. The lowest BCUT2D eigenvalue weighted by atomic mass is 9.99. The summed E-state index contributed by atoms with van der Waals surface area (Å²) < 4.78 is 2.36. The van der Waals surface area contributed by atoms with E-state index in [4.69, 9.17) is 0 Å². The van der Waals surface area contributed by atoms with Crippen molar-refractivity contribution in [2.24, 2.45) is 0 Å². The third-order valence-corrected chi connectivity index (χ3v) is 5.98. The molecule has 0 aliphatic carbocycles. The van der Waals surface area contributed by atoms with Crippen LogP contribution in [0.25, 0.3) is 0 Å². The summed E-state index contributed by atoms with van der Waals surface area (Å²) in [5.74, 6) is 0. The van der Waals surface area contributed by atoms with Crippen LogP contribution in [-0.2, 0) is 0 Å². The molecule has 1 heterocycles. The molecule has 27 heavy (non-hydrogen) atoms. The maximum Gasteiger partial charge on any atom is 0.0948 e. The summed E-state index contributed by atoms with van der Waals surface area (Å²) in [5, 5.41) is 0. The van der Waals surface area contributed by atoms with Gasteiger partial charge in [-0.2, -0.15) is 0 Å². The van der Waals surface area contributed by atoms with Crippen LogP contribution < -0.4 is 0 Å². The number of nitrogens with zero attached hydrogens (tertiary/aromatic N) is 2. The molecule has 2 nitrogen and oxygen atoms in total. The van der Waals surface area contributed by atoms with Gasteiger partial charge < -0.3 is 4.57 Å². The number of aromatic nitrogens is 2. The van der Waals surface area contributed by atoms with Gasteiger partial charge in [0.25, 0.3) is 0 Å². The monoisotopic (exact) mass is 376 g/mol. The van der Waals surface area contributed by atoms with Crippen LogP contribution in [0.5, 0.6) is 0 Å².